The quantitative estimate of drug-likeness (QED) is 0.0262. The standard InChI is InChI=1S/C62H112O6/c1-4-7-10-13-16-19-22-25-27-28-29-30-31-32-33-34-36-37-40-43-46-49-52-55-61(64)67-58-59(57-66-60(63)54-51-48-45-42-39-24-21-18-15-12-9-6-3)68-62(65)56-53-50-47-44-41-38-35-26-23-20-17-14-11-8-5-2/h17,20,22,25-26,28-29,35,59H,4-16,18-19,21,23-24,27,30-34,36-58H2,1-3H3/b20-17-,25-22-,29-28-,35-26-. The van der Waals surface area contributed by atoms with Gasteiger partial charge < -0.3 is 14.2 Å². The van der Waals surface area contributed by atoms with Gasteiger partial charge in [0.2, 0.25) is 0 Å². The molecule has 0 aromatic rings. The van der Waals surface area contributed by atoms with E-state index in [4.69, 9.17) is 14.2 Å². The first kappa shape index (κ1) is 65.4. The molecule has 1 unspecified atom stereocenters. The summed E-state index contributed by atoms with van der Waals surface area (Å²) < 4.78 is 16.9. The molecule has 0 heterocycles. The van der Waals surface area contributed by atoms with Crippen molar-refractivity contribution in [2.24, 2.45) is 0 Å². The summed E-state index contributed by atoms with van der Waals surface area (Å²) in [6, 6.07) is 0. The van der Waals surface area contributed by atoms with Gasteiger partial charge in [-0.1, -0.05) is 256 Å². The van der Waals surface area contributed by atoms with E-state index < -0.39 is 6.10 Å². The number of carbonyl (C=O) groups excluding carboxylic acids is 3. The molecule has 0 aliphatic rings. The lowest BCUT2D eigenvalue weighted by molar-refractivity contribution is -0.167. The van der Waals surface area contributed by atoms with E-state index in [-0.39, 0.29) is 31.1 Å². The molecule has 0 aromatic heterocycles. The van der Waals surface area contributed by atoms with Crippen molar-refractivity contribution in [3.8, 4) is 0 Å². The van der Waals surface area contributed by atoms with Gasteiger partial charge in [0.05, 0.1) is 0 Å². The van der Waals surface area contributed by atoms with Gasteiger partial charge in [0.25, 0.3) is 0 Å². The number of allylic oxidation sites excluding steroid dienone is 8. The lowest BCUT2D eigenvalue weighted by Crippen LogP contribution is -2.30. The topological polar surface area (TPSA) is 78.9 Å². The summed E-state index contributed by atoms with van der Waals surface area (Å²) in [5.41, 5.74) is 0. The number of esters is 3. The molecule has 396 valence electrons. The van der Waals surface area contributed by atoms with Gasteiger partial charge in [0, 0.05) is 19.3 Å². The van der Waals surface area contributed by atoms with Crippen molar-refractivity contribution in [1.29, 1.82) is 0 Å². The van der Waals surface area contributed by atoms with Crippen molar-refractivity contribution in [1.82, 2.24) is 0 Å². The second-order valence-corrected chi connectivity index (χ2v) is 19.9. The number of unbranched alkanes of at least 4 members (excludes halogenated alkanes) is 35. The van der Waals surface area contributed by atoms with E-state index in [1.165, 1.54) is 180 Å². The minimum Gasteiger partial charge on any atom is -0.462 e. The van der Waals surface area contributed by atoms with Crippen LogP contribution in [-0.4, -0.2) is 37.2 Å². The first-order valence-electron chi connectivity index (χ1n) is 29.6. The molecule has 0 radical (unpaired) electrons. The Labute approximate surface area is 422 Å². The molecular weight excluding hydrogens is 841 g/mol. The lowest BCUT2D eigenvalue weighted by Gasteiger charge is -2.18. The highest BCUT2D eigenvalue weighted by atomic mass is 16.6. The first-order chi connectivity index (χ1) is 33.5. The molecule has 0 aliphatic heterocycles. The third-order valence-corrected chi connectivity index (χ3v) is 13.1. The van der Waals surface area contributed by atoms with Crippen LogP contribution >= 0.6 is 0 Å². The van der Waals surface area contributed by atoms with Crippen molar-refractivity contribution < 1.29 is 28.6 Å². The Morgan fingerprint density at radius 2 is 0.529 bits per heavy atom. The van der Waals surface area contributed by atoms with Gasteiger partial charge in [-0.3, -0.25) is 14.4 Å². The largest absolute Gasteiger partial charge is 0.462 e. The van der Waals surface area contributed by atoms with Crippen LogP contribution in [0.5, 0.6) is 0 Å². The zero-order chi connectivity index (χ0) is 49.3. The average molecular weight is 954 g/mol. The Morgan fingerprint density at radius 1 is 0.294 bits per heavy atom. The Hall–Kier alpha value is -2.63. The van der Waals surface area contributed by atoms with Crippen molar-refractivity contribution >= 4 is 17.9 Å². The zero-order valence-electron chi connectivity index (χ0n) is 45.4. The second kappa shape index (κ2) is 57.0. The van der Waals surface area contributed by atoms with Gasteiger partial charge in [0.15, 0.2) is 6.10 Å². The van der Waals surface area contributed by atoms with E-state index in [1.54, 1.807) is 0 Å². The van der Waals surface area contributed by atoms with E-state index in [9.17, 15) is 14.4 Å². The second-order valence-electron chi connectivity index (χ2n) is 19.9. The average Bonchev–Trinajstić information content (AvgIpc) is 3.34. The Bertz CT molecular complexity index is 1190. The summed E-state index contributed by atoms with van der Waals surface area (Å²) in [7, 11) is 0. The van der Waals surface area contributed by atoms with Gasteiger partial charge in [0.1, 0.15) is 13.2 Å². The molecule has 0 amide bonds. The van der Waals surface area contributed by atoms with E-state index in [2.05, 4.69) is 69.4 Å². The van der Waals surface area contributed by atoms with E-state index >= 15 is 0 Å². The van der Waals surface area contributed by atoms with Crippen LogP contribution in [0.1, 0.15) is 310 Å². The summed E-state index contributed by atoms with van der Waals surface area (Å²) in [6.45, 7) is 6.62. The Morgan fingerprint density at radius 3 is 0.838 bits per heavy atom. The zero-order valence-corrected chi connectivity index (χ0v) is 45.4. The highest BCUT2D eigenvalue weighted by molar-refractivity contribution is 5.71. The van der Waals surface area contributed by atoms with Gasteiger partial charge >= 0.3 is 17.9 Å². The van der Waals surface area contributed by atoms with E-state index in [0.29, 0.717) is 19.3 Å². The van der Waals surface area contributed by atoms with E-state index in [1.807, 2.05) is 0 Å². The molecule has 0 spiro atoms. The molecule has 0 aromatic carbocycles. The molecule has 6 nitrogen and oxygen atoms in total. The molecule has 68 heavy (non-hydrogen) atoms. The number of hydrogen-bond donors (Lipinski definition) is 0. The summed E-state index contributed by atoms with van der Waals surface area (Å²) in [6.07, 6.45) is 69.6. The third kappa shape index (κ3) is 54.3. The predicted octanol–water partition coefficient (Wildman–Crippen LogP) is 19.8. The van der Waals surface area contributed by atoms with Crippen molar-refractivity contribution in [2.75, 3.05) is 13.2 Å². The number of rotatable bonds is 54. The minimum absolute atomic E-state index is 0.0763. The fraction of sp³-hybridized carbons (Fsp3) is 0.823. The van der Waals surface area contributed by atoms with Gasteiger partial charge in [-0.05, 0) is 83.5 Å². The molecule has 0 saturated carbocycles. The van der Waals surface area contributed by atoms with Gasteiger partial charge in [-0.25, -0.2) is 0 Å². The smallest absolute Gasteiger partial charge is 0.306 e. The number of hydrogen-bond acceptors (Lipinski definition) is 6. The minimum atomic E-state index is -0.779. The molecule has 0 aliphatic carbocycles. The summed E-state index contributed by atoms with van der Waals surface area (Å²) in [5.74, 6) is -0.878. The molecule has 0 N–H and O–H groups in total. The lowest BCUT2D eigenvalue weighted by atomic mass is 10.0. The maximum absolute atomic E-state index is 12.8. The third-order valence-electron chi connectivity index (χ3n) is 13.1. The fourth-order valence-corrected chi connectivity index (χ4v) is 8.56. The van der Waals surface area contributed by atoms with Crippen LogP contribution in [0.3, 0.4) is 0 Å². The van der Waals surface area contributed by atoms with Crippen LogP contribution in [0.15, 0.2) is 48.6 Å². The van der Waals surface area contributed by atoms with Crippen LogP contribution in [0.2, 0.25) is 0 Å². The van der Waals surface area contributed by atoms with Gasteiger partial charge in [-0.15, -0.1) is 0 Å². The molecule has 0 rings (SSSR count). The van der Waals surface area contributed by atoms with Crippen LogP contribution in [0.4, 0.5) is 0 Å². The first-order valence-corrected chi connectivity index (χ1v) is 29.6. The molecule has 0 saturated heterocycles. The normalized spacial score (nSPS) is 12.3. The van der Waals surface area contributed by atoms with Crippen LogP contribution < -0.4 is 0 Å². The number of ether oxygens (including phenoxy) is 3. The Kier molecular flexibility index (Phi) is 54.8. The highest BCUT2D eigenvalue weighted by Gasteiger charge is 2.19. The van der Waals surface area contributed by atoms with Crippen LogP contribution in [-0.2, 0) is 28.6 Å². The summed E-state index contributed by atoms with van der Waals surface area (Å²) in [5, 5.41) is 0. The molecular formula is C62H112O6. The van der Waals surface area contributed by atoms with Crippen molar-refractivity contribution in [3.05, 3.63) is 48.6 Å². The van der Waals surface area contributed by atoms with E-state index in [0.717, 1.165) is 89.9 Å². The molecule has 0 bridgehead atoms. The summed E-state index contributed by atoms with van der Waals surface area (Å²) in [4.78, 5) is 38.1. The van der Waals surface area contributed by atoms with Crippen LogP contribution in [0, 0.1) is 0 Å². The predicted molar refractivity (Wildman–Crippen MR) is 293 cm³/mol. The maximum Gasteiger partial charge on any atom is 0.306 e. The molecule has 0 fully saturated rings. The van der Waals surface area contributed by atoms with Crippen molar-refractivity contribution in [2.45, 2.75) is 316 Å². The SMILES string of the molecule is CCCCC/C=C\C/C=C\CCCCCCCC(=O)OC(COC(=O)CCCCCCCCCCCCCC)COC(=O)CCCCCCCCCCCCC/C=C\C/C=C\CCCCCCC. The highest BCUT2D eigenvalue weighted by Crippen LogP contribution is 2.16. The molecule has 6 heteroatoms. The monoisotopic (exact) mass is 953 g/mol. The molecule has 1 atom stereocenters. The van der Waals surface area contributed by atoms with Gasteiger partial charge in [-0.2, -0.15) is 0 Å². The maximum atomic E-state index is 12.8. The fourth-order valence-electron chi connectivity index (χ4n) is 8.56. The number of carbonyl (C=O) groups is 3. The Balaban J connectivity index is 4.29. The van der Waals surface area contributed by atoms with Crippen LogP contribution in [0.25, 0.3) is 0 Å². The summed E-state index contributed by atoms with van der Waals surface area (Å²) >= 11 is 0. The van der Waals surface area contributed by atoms with Crippen molar-refractivity contribution in [3.63, 3.8) is 0 Å².